The van der Waals surface area contributed by atoms with Gasteiger partial charge in [-0.3, -0.25) is 0 Å². The normalized spacial score (nSPS) is 39.8. The molecule has 0 aromatic heterocycles. The molecule has 8 heavy (non-hydrogen) atoms. The third-order valence-corrected chi connectivity index (χ3v) is 1.52. The van der Waals surface area contributed by atoms with Gasteiger partial charge in [0.2, 0.25) is 0 Å². The van der Waals surface area contributed by atoms with E-state index in [9.17, 15) is 0 Å². The molecule has 0 spiro atoms. The van der Waals surface area contributed by atoms with E-state index in [0.717, 1.165) is 19.3 Å². The van der Waals surface area contributed by atoms with Gasteiger partial charge in [0.1, 0.15) is 0 Å². The number of aliphatic hydroxyl groups excluding tert-OH is 1. The van der Waals surface area contributed by atoms with Crippen LogP contribution in [0.25, 0.3) is 0 Å². The van der Waals surface area contributed by atoms with Gasteiger partial charge in [-0.25, -0.2) is 0 Å². The predicted octanol–water partition coefficient (Wildman–Crippen LogP) is 0.0628. The summed E-state index contributed by atoms with van der Waals surface area (Å²) in [7, 11) is 0. The highest BCUT2D eigenvalue weighted by molar-refractivity contribution is 4.86. The number of nitrogens with two attached hydrogens (primary N) is 1. The Morgan fingerprint density at radius 1 is 1.62 bits per heavy atom. The van der Waals surface area contributed by atoms with Crippen molar-refractivity contribution in [1.82, 2.24) is 0 Å². The third-order valence-electron chi connectivity index (χ3n) is 1.52. The highest BCUT2D eigenvalue weighted by atomic mass is 16.3. The maximum atomic E-state index is 8.94. The Bertz CT molecular complexity index is 66.9. The van der Waals surface area contributed by atoms with Crippen molar-refractivity contribution in [2.45, 2.75) is 31.4 Å². The molecule has 47 valence electrons. The Hall–Kier alpha value is -0.0800. The summed E-state index contributed by atoms with van der Waals surface area (Å²) >= 11 is 0. The number of hydrogen-bond donors (Lipinski definition) is 2. The second kappa shape index (κ2) is 2.46. The van der Waals surface area contributed by atoms with Crippen LogP contribution in [0.5, 0.6) is 0 Å². The van der Waals surface area contributed by atoms with Crippen LogP contribution in [0.3, 0.4) is 0 Å². The molecule has 0 bridgehead atoms. The van der Waals surface area contributed by atoms with Crippen LogP contribution in [0, 0.1) is 6.42 Å². The summed E-state index contributed by atoms with van der Waals surface area (Å²) in [5, 5.41) is 8.94. The van der Waals surface area contributed by atoms with Crippen molar-refractivity contribution in [3.05, 3.63) is 6.42 Å². The molecule has 1 aliphatic carbocycles. The minimum atomic E-state index is -0.237. The largest absolute Gasteiger partial charge is 0.393 e. The van der Waals surface area contributed by atoms with Crippen molar-refractivity contribution in [2.24, 2.45) is 5.73 Å². The van der Waals surface area contributed by atoms with Crippen LogP contribution in [0.4, 0.5) is 0 Å². The van der Waals surface area contributed by atoms with Crippen molar-refractivity contribution in [3.63, 3.8) is 0 Å². The lowest BCUT2D eigenvalue weighted by molar-refractivity contribution is 0.164. The molecule has 0 saturated heterocycles. The molecule has 1 radical (unpaired) electrons. The van der Waals surface area contributed by atoms with E-state index in [0.29, 0.717) is 0 Å². The zero-order valence-electron chi connectivity index (χ0n) is 4.88. The standard InChI is InChI=1S/C6H12NO/c7-5-2-1-3-6(8)4-5/h3,5-6,8H,1-2,4,7H2. The molecule has 2 unspecified atom stereocenters. The first-order valence-corrected chi connectivity index (χ1v) is 3.06. The molecule has 1 aliphatic rings. The SMILES string of the molecule is NC1CC[CH]C(O)C1. The smallest absolute Gasteiger partial charge is 0.0586 e. The summed E-state index contributed by atoms with van der Waals surface area (Å²) in [5.41, 5.74) is 5.55. The summed E-state index contributed by atoms with van der Waals surface area (Å²) in [6.45, 7) is 0. The van der Waals surface area contributed by atoms with Crippen LogP contribution < -0.4 is 5.73 Å². The minimum Gasteiger partial charge on any atom is -0.393 e. The van der Waals surface area contributed by atoms with Crippen LogP contribution in [0.2, 0.25) is 0 Å². The molecule has 2 atom stereocenters. The van der Waals surface area contributed by atoms with Crippen LogP contribution in [-0.2, 0) is 0 Å². The van der Waals surface area contributed by atoms with Crippen molar-refractivity contribution in [2.75, 3.05) is 0 Å². The molecule has 3 N–H and O–H groups in total. The molecule has 0 amide bonds. The van der Waals surface area contributed by atoms with Gasteiger partial charge in [-0.05, 0) is 25.7 Å². The molecule has 0 aliphatic heterocycles. The molecular formula is C6H12NO. The average molecular weight is 114 g/mol. The lowest BCUT2D eigenvalue weighted by Crippen LogP contribution is -2.30. The lowest BCUT2D eigenvalue weighted by atomic mass is 9.94. The van der Waals surface area contributed by atoms with Crippen molar-refractivity contribution >= 4 is 0 Å². The second-order valence-corrected chi connectivity index (χ2v) is 2.38. The summed E-state index contributed by atoms with van der Waals surface area (Å²) in [5.74, 6) is 0. The molecule has 0 aromatic carbocycles. The molecular weight excluding hydrogens is 102 g/mol. The molecule has 1 saturated carbocycles. The van der Waals surface area contributed by atoms with E-state index in [-0.39, 0.29) is 12.1 Å². The zero-order valence-corrected chi connectivity index (χ0v) is 4.88. The molecule has 0 aromatic rings. The van der Waals surface area contributed by atoms with Gasteiger partial charge in [0, 0.05) is 6.04 Å². The number of hydrogen-bond acceptors (Lipinski definition) is 2. The quantitative estimate of drug-likeness (QED) is 0.468. The lowest BCUT2D eigenvalue weighted by Gasteiger charge is -2.21. The molecule has 1 rings (SSSR count). The van der Waals surface area contributed by atoms with Gasteiger partial charge < -0.3 is 10.8 Å². The van der Waals surface area contributed by atoms with Gasteiger partial charge in [-0.1, -0.05) is 0 Å². The topological polar surface area (TPSA) is 46.2 Å². The maximum Gasteiger partial charge on any atom is 0.0586 e. The van der Waals surface area contributed by atoms with Gasteiger partial charge in [-0.15, -0.1) is 0 Å². The highest BCUT2D eigenvalue weighted by Crippen LogP contribution is 2.14. The van der Waals surface area contributed by atoms with Crippen molar-refractivity contribution in [1.29, 1.82) is 0 Å². The average Bonchev–Trinajstić information content (AvgIpc) is 1.64. The highest BCUT2D eigenvalue weighted by Gasteiger charge is 2.15. The maximum absolute atomic E-state index is 8.94. The van der Waals surface area contributed by atoms with Crippen LogP contribution in [0.15, 0.2) is 0 Å². The van der Waals surface area contributed by atoms with E-state index < -0.39 is 0 Å². The monoisotopic (exact) mass is 114 g/mol. The van der Waals surface area contributed by atoms with E-state index in [4.69, 9.17) is 10.8 Å². The van der Waals surface area contributed by atoms with Crippen LogP contribution >= 0.6 is 0 Å². The molecule has 2 heteroatoms. The van der Waals surface area contributed by atoms with Gasteiger partial charge in [0.25, 0.3) is 0 Å². The first kappa shape index (κ1) is 6.05. The zero-order chi connectivity index (χ0) is 5.98. The van der Waals surface area contributed by atoms with Gasteiger partial charge in [0.15, 0.2) is 0 Å². The van der Waals surface area contributed by atoms with E-state index >= 15 is 0 Å². The number of aliphatic hydroxyl groups is 1. The fourth-order valence-electron chi connectivity index (χ4n) is 1.03. The number of rotatable bonds is 0. The second-order valence-electron chi connectivity index (χ2n) is 2.38. The molecule has 1 fully saturated rings. The Morgan fingerprint density at radius 2 is 2.38 bits per heavy atom. The Balaban J connectivity index is 2.23. The van der Waals surface area contributed by atoms with Crippen LogP contribution in [0.1, 0.15) is 19.3 Å². The van der Waals surface area contributed by atoms with E-state index in [2.05, 4.69) is 0 Å². The first-order valence-electron chi connectivity index (χ1n) is 3.06. The van der Waals surface area contributed by atoms with Crippen LogP contribution in [-0.4, -0.2) is 17.3 Å². The van der Waals surface area contributed by atoms with E-state index in [1.54, 1.807) is 0 Å². The fraction of sp³-hybridized carbons (Fsp3) is 0.833. The Morgan fingerprint density at radius 3 is 2.75 bits per heavy atom. The van der Waals surface area contributed by atoms with Crippen molar-refractivity contribution < 1.29 is 5.11 Å². The van der Waals surface area contributed by atoms with Crippen molar-refractivity contribution in [3.8, 4) is 0 Å². The summed E-state index contributed by atoms with van der Waals surface area (Å²) in [6, 6.07) is 0.231. The third kappa shape index (κ3) is 1.46. The van der Waals surface area contributed by atoms with E-state index in [1.807, 2.05) is 6.42 Å². The van der Waals surface area contributed by atoms with Gasteiger partial charge >= 0.3 is 0 Å². The molecule has 0 heterocycles. The minimum absolute atomic E-state index is 0.231. The van der Waals surface area contributed by atoms with E-state index in [1.165, 1.54) is 0 Å². The Labute approximate surface area is 49.7 Å². The van der Waals surface area contributed by atoms with Gasteiger partial charge in [0.05, 0.1) is 6.10 Å². The van der Waals surface area contributed by atoms with Gasteiger partial charge in [-0.2, -0.15) is 0 Å². The summed E-state index contributed by atoms with van der Waals surface area (Å²) < 4.78 is 0. The predicted molar refractivity (Wildman–Crippen MR) is 32.1 cm³/mol. The summed E-state index contributed by atoms with van der Waals surface area (Å²) in [4.78, 5) is 0. The molecule has 2 nitrogen and oxygen atoms in total. The Kier molecular flexibility index (Phi) is 1.86. The first-order chi connectivity index (χ1) is 3.79. The fourth-order valence-corrected chi connectivity index (χ4v) is 1.03. The summed E-state index contributed by atoms with van der Waals surface area (Å²) in [6.07, 6.45) is 4.45.